The first-order valence-electron chi connectivity index (χ1n) is 12.9. The maximum absolute atomic E-state index is 2.48. The Morgan fingerprint density at radius 3 is 2.13 bits per heavy atom. The molecule has 3 heterocycles. The molecule has 1 aliphatic rings. The molecule has 1 aliphatic heterocycles. The quantitative estimate of drug-likeness (QED) is 0.228. The van der Waals surface area contributed by atoms with Crippen molar-refractivity contribution in [3.05, 3.63) is 127 Å². The lowest BCUT2D eigenvalue weighted by Gasteiger charge is -2.14. The molecule has 0 bridgehead atoms. The molecular weight excluding hydrogens is 480 g/mol. The number of hydrogen-bond acceptors (Lipinski definition) is 1. The van der Waals surface area contributed by atoms with E-state index in [0.717, 1.165) is 0 Å². The number of fused-ring (bicyclic) bond motifs is 8. The number of benzene rings is 5. The molecule has 0 amide bonds. The Labute approximate surface area is 225 Å². The van der Waals surface area contributed by atoms with Gasteiger partial charge in [0.25, 0.3) is 0 Å². The van der Waals surface area contributed by atoms with Gasteiger partial charge in [-0.3, -0.25) is 4.57 Å². The molecule has 0 saturated heterocycles. The Morgan fingerprint density at radius 2 is 1.26 bits per heavy atom. The van der Waals surface area contributed by atoms with Crippen LogP contribution in [0.3, 0.4) is 0 Å². The number of nitrogens with zero attached hydrogens (tertiary/aromatic N) is 2. The Bertz CT molecular complexity index is 2010. The van der Waals surface area contributed by atoms with E-state index < -0.39 is 0 Å². The maximum Gasteiger partial charge on any atom is 0.118 e. The van der Waals surface area contributed by atoms with Crippen molar-refractivity contribution in [1.29, 1.82) is 0 Å². The molecule has 2 aromatic heterocycles. The van der Waals surface area contributed by atoms with Crippen LogP contribution < -0.4 is 0 Å². The van der Waals surface area contributed by atoms with Gasteiger partial charge in [-0.05, 0) is 41.0 Å². The van der Waals surface area contributed by atoms with E-state index in [9.17, 15) is 0 Å². The molecule has 5 aromatic carbocycles. The number of aryl methyl sites for hydroxylation is 1. The zero-order chi connectivity index (χ0) is 25.2. The molecule has 0 unspecified atom stereocenters. The highest BCUT2D eigenvalue weighted by Gasteiger charge is 2.29. The fraction of sp³-hybridized carbons (Fsp3) is 0.0286. The second-order valence-corrected chi connectivity index (χ2v) is 10.9. The fourth-order valence-electron chi connectivity index (χ4n) is 6.04. The molecule has 0 atom stereocenters. The van der Waals surface area contributed by atoms with Crippen LogP contribution in [0.25, 0.3) is 61.1 Å². The zero-order valence-electron chi connectivity index (χ0n) is 20.9. The summed E-state index contributed by atoms with van der Waals surface area (Å²) in [5.74, 6) is 1.17. The van der Waals surface area contributed by atoms with Gasteiger partial charge in [0, 0.05) is 44.3 Å². The Kier molecular flexibility index (Phi) is 4.70. The van der Waals surface area contributed by atoms with Crippen molar-refractivity contribution in [2.45, 2.75) is 9.79 Å². The van der Waals surface area contributed by atoms with E-state index in [1.54, 1.807) is 0 Å². The van der Waals surface area contributed by atoms with Crippen molar-refractivity contribution < 1.29 is 0 Å². The molecular formula is C35H24N2S. The van der Waals surface area contributed by atoms with Gasteiger partial charge in [-0.1, -0.05) is 115 Å². The first-order valence-corrected chi connectivity index (χ1v) is 13.8. The normalized spacial score (nSPS) is 12.2. The molecule has 0 fully saturated rings. The van der Waals surface area contributed by atoms with Gasteiger partial charge in [0.15, 0.2) is 0 Å². The molecule has 8 rings (SSSR count). The first kappa shape index (κ1) is 21.6. The second kappa shape index (κ2) is 8.27. The van der Waals surface area contributed by atoms with E-state index in [0.29, 0.717) is 0 Å². The summed E-state index contributed by atoms with van der Waals surface area (Å²) in [7, 11) is 2.18. The number of rotatable bonds is 2. The van der Waals surface area contributed by atoms with Crippen LogP contribution in [0.15, 0.2) is 137 Å². The lowest BCUT2D eigenvalue weighted by atomic mass is 9.95. The summed E-state index contributed by atoms with van der Waals surface area (Å²) in [4.78, 5) is 2.59. The van der Waals surface area contributed by atoms with Crippen LogP contribution in [-0.4, -0.2) is 9.13 Å². The summed E-state index contributed by atoms with van der Waals surface area (Å²) >= 11 is 1.89. The molecule has 0 aliphatic carbocycles. The van der Waals surface area contributed by atoms with Crippen molar-refractivity contribution in [2.24, 2.45) is 7.05 Å². The molecule has 2 nitrogen and oxygen atoms in total. The summed E-state index contributed by atoms with van der Waals surface area (Å²) in [5.41, 5.74) is 10.1. The summed E-state index contributed by atoms with van der Waals surface area (Å²) in [6.07, 6.45) is 0. The lowest BCUT2D eigenvalue weighted by molar-refractivity contribution is 0.890. The fourth-order valence-corrected chi connectivity index (χ4v) is 7.26. The molecule has 0 N–H and O–H groups in total. The highest BCUT2D eigenvalue weighted by Crippen LogP contribution is 2.54. The molecule has 0 radical (unpaired) electrons. The van der Waals surface area contributed by atoms with Gasteiger partial charge in [0.05, 0.1) is 11.2 Å². The third kappa shape index (κ3) is 3.03. The average Bonchev–Trinajstić information content (AvgIpc) is 3.43. The largest absolute Gasteiger partial charge is 0.330 e. The van der Waals surface area contributed by atoms with E-state index >= 15 is 0 Å². The standard InChI is InChI=1S/C35H24N2S/c1-36-29-19-8-5-14-24(29)22-32(36)37-30-20-9-6-15-26(30)33-28-18-11-17-25(23-12-3-2-4-13-23)35(28)38-31-21-10-7-16-27(31)34(33)37/h2-22H,1H3. The first-order chi connectivity index (χ1) is 18.8. The minimum Gasteiger partial charge on any atom is -0.330 e. The zero-order valence-corrected chi connectivity index (χ0v) is 21.7. The molecule has 180 valence electrons. The SMILES string of the molecule is Cn1c(-n2c3c(c4ccccc42)-c2cccc(-c4ccccc4)c2Sc2ccccc2-3)cc2ccccc21. The number of aromatic nitrogens is 2. The molecule has 0 saturated carbocycles. The van der Waals surface area contributed by atoms with Crippen molar-refractivity contribution in [2.75, 3.05) is 0 Å². The van der Waals surface area contributed by atoms with E-state index in [2.05, 4.69) is 144 Å². The van der Waals surface area contributed by atoms with Gasteiger partial charge in [-0.15, -0.1) is 0 Å². The predicted molar refractivity (Wildman–Crippen MR) is 160 cm³/mol. The van der Waals surface area contributed by atoms with Crippen molar-refractivity contribution in [1.82, 2.24) is 9.13 Å². The Balaban J connectivity index is 1.56. The highest BCUT2D eigenvalue weighted by atomic mass is 32.2. The van der Waals surface area contributed by atoms with Crippen molar-refractivity contribution in [3.63, 3.8) is 0 Å². The average molecular weight is 505 g/mol. The van der Waals surface area contributed by atoms with Crippen LogP contribution in [-0.2, 0) is 7.05 Å². The van der Waals surface area contributed by atoms with Gasteiger partial charge in [0.1, 0.15) is 5.82 Å². The summed E-state index contributed by atoms with van der Waals surface area (Å²) in [5, 5.41) is 2.52. The number of para-hydroxylation sites is 2. The van der Waals surface area contributed by atoms with E-state index in [4.69, 9.17) is 0 Å². The second-order valence-electron chi connectivity index (χ2n) is 9.84. The Morgan fingerprint density at radius 1 is 0.579 bits per heavy atom. The van der Waals surface area contributed by atoms with Crippen LogP contribution in [0.1, 0.15) is 0 Å². The lowest BCUT2D eigenvalue weighted by Crippen LogP contribution is -2.03. The van der Waals surface area contributed by atoms with Crippen LogP contribution in [0.5, 0.6) is 0 Å². The molecule has 38 heavy (non-hydrogen) atoms. The molecule has 7 aromatic rings. The smallest absolute Gasteiger partial charge is 0.118 e. The highest BCUT2D eigenvalue weighted by molar-refractivity contribution is 7.99. The summed E-state index contributed by atoms with van der Waals surface area (Å²) < 4.78 is 4.80. The van der Waals surface area contributed by atoms with E-state index in [-0.39, 0.29) is 0 Å². The monoisotopic (exact) mass is 504 g/mol. The molecule has 3 heteroatoms. The third-order valence-electron chi connectivity index (χ3n) is 7.75. The minimum atomic E-state index is 1.17. The van der Waals surface area contributed by atoms with E-state index in [1.807, 2.05) is 11.8 Å². The predicted octanol–water partition coefficient (Wildman–Crippen LogP) is 9.59. The summed E-state index contributed by atoms with van der Waals surface area (Å²) in [6, 6.07) is 46.3. The van der Waals surface area contributed by atoms with Crippen molar-refractivity contribution >= 4 is 33.6 Å². The van der Waals surface area contributed by atoms with Crippen LogP contribution in [0.2, 0.25) is 0 Å². The Hall–Kier alpha value is -4.47. The van der Waals surface area contributed by atoms with Gasteiger partial charge in [-0.2, -0.15) is 0 Å². The van der Waals surface area contributed by atoms with Gasteiger partial charge in [0.2, 0.25) is 0 Å². The van der Waals surface area contributed by atoms with Crippen LogP contribution in [0.4, 0.5) is 0 Å². The van der Waals surface area contributed by atoms with Gasteiger partial charge < -0.3 is 4.57 Å². The van der Waals surface area contributed by atoms with Gasteiger partial charge >= 0.3 is 0 Å². The van der Waals surface area contributed by atoms with Crippen molar-refractivity contribution in [3.8, 4) is 39.3 Å². The van der Waals surface area contributed by atoms with Crippen LogP contribution in [0, 0.1) is 0 Å². The van der Waals surface area contributed by atoms with Crippen LogP contribution >= 0.6 is 11.8 Å². The van der Waals surface area contributed by atoms with E-state index in [1.165, 1.54) is 70.9 Å². The summed E-state index contributed by atoms with van der Waals surface area (Å²) in [6.45, 7) is 0. The minimum absolute atomic E-state index is 1.17. The molecule has 0 spiro atoms. The van der Waals surface area contributed by atoms with Gasteiger partial charge in [-0.25, -0.2) is 0 Å². The third-order valence-corrected chi connectivity index (χ3v) is 8.97. The topological polar surface area (TPSA) is 9.86 Å². The number of hydrogen-bond donors (Lipinski definition) is 0. The maximum atomic E-state index is 2.48.